The topological polar surface area (TPSA) is 62.2 Å². The number of carbonyl (C=O) groups excluding carboxylic acids is 1. The van der Waals surface area contributed by atoms with Gasteiger partial charge in [0.15, 0.2) is 0 Å². The normalized spacial score (nSPS) is 9.50. The van der Waals surface area contributed by atoms with E-state index in [-0.39, 0.29) is 12.5 Å². The minimum Gasteiger partial charge on any atom is -0.384 e. The van der Waals surface area contributed by atoms with Gasteiger partial charge in [-0.3, -0.25) is 9.78 Å². The molecule has 0 unspecified atom stereocenters. The van der Waals surface area contributed by atoms with Gasteiger partial charge >= 0.3 is 0 Å². The van der Waals surface area contributed by atoms with Crippen LogP contribution in [0.15, 0.2) is 42.6 Å². The maximum absolute atomic E-state index is 12.2. The average Bonchev–Trinajstić information content (AvgIpc) is 2.46. The lowest BCUT2D eigenvalue weighted by Gasteiger charge is -2.07. The van der Waals surface area contributed by atoms with Crippen LogP contribution in [0.3, 0.4) is 0 Å². The second-order valence-corrected chi connectivity index (χ2v) is 4.15. The standard InChI is InChI=1S/C16H14N2O2/c1-12-11-14(8-9-17-12)16(20)18-15-7-3-2-5-13(15)6-4-10-19/h2-3,5,7-9,11,19H,10H2,1H3,(H,18,20). The molecular weight excluding hydrogens is 252 g/mol. The largest absolute Gasteiger partial charge is 0.384 e. The number of aromatic nitrogens is 1. The highest BCUT2D eigenvalue weighted by molar-refractivity contribution is 6.04. The van der Waals surface area contributed by atoms with Gasteiger partial charge in [-0.1, -0.05) is 24.0 Å². The summed E-state index contributed by atoms with van der Waals surface area (Å²) < 4.78 is 0. The van der Waals surface area contributed by atoms with E-state index in [2.05, 4.69) is 22.1 Å². The summed E-state index contributed by atoms with van der Waals surface area (Å²) in [6.45, 7) is 1.61. The molecule has 0 aliphatic rings. The molecule has 2 N–H and O–H groups in total. The van der Waals surface area contributed by atoms with Crippen molar-refractivity contribution in [2.75, 3.05) is 11.9 Å². The molecular formula is C16H14N2O2. The van der Waals surface area contributed by atoms with E-state index in [1.165, 1.54) is 0 Å². The van der Waals surface area contributed by atoms with Crippen LogP contribution in [0.4, 0.5) is 5.69 Å². The number of para-hydroxylation sites is 1. The number of carbonyl (C=O) groups is 1. The number of aryl methyl sites for hydroxylation is 1. The van der Waals surface area contributed by atoms with E-state index >= 15 is 0 Å². The molecule has 1 heterocycles. The van der Waals surface area contributed by atoms with E-state index in [1.54, 1.807) is 30.5 Å². The summed E-state index contributed by atoms with van der Waals surface area (Å²) in [5, 5.41) is 11.6. The number of hydrogen-bond acceptors (Lipinski definition) is 3. The molecule has 2 rings (SSSR count). The average molecular weight is 266 g/mol. The van der Waals surface area contributed by atoms with Gasteiger partial charge < -0.3 is 10.4 Å². The Bertz CT molecular complexity index is 684. The third-order valence-electron chi connectivity index (χ3n) is 2.64. The Kier molecular flexibility index (Phi) is 4.48. The van der Waals surface area contributed by atoms with Crippen LogP contribution in [-0.2, 0) is 0 Å². The molecule has 0 fully saturated rings. The van der Waals surface area contributed by atoms with Gasteiger partial charge in [-0.05, 0) is 31.2 Å². The molecule has 20 heavy (non-hydrogen) atoms. The number of aliphatic hydroxyl groups is 1. The van der Waals surface area contributed by atoms with E-state index in [4.69, 9.17) is 5.11 Å². The quantitative estimate of drug-likeness (QED) is 0.817. The smallest absolute Gasteiger partial charge is 0.255 e. The van der Waals surface area contributed by atoms with Crippen molar-refractivity contribution >= 4 is 11.6 Å². The molecule has 0 aliphatic carbocycles. The Balaban J connectivity index is 2.24. The molecule has 1 amide bonds. The Labute approximate surface area is 117 Å². The number of nitrogens with zero attached hydrogens (tertiary/aromatic N) is 1. The summed E-state index contributed by atoms with van der Waals surface area (Å²) in [6.07, 6.45) is 1.60. The van der Waals surface area contributed by atoms with Crippen molar-refractivity contribution < 1.29 is 9.90 Å². The fraction of sp³-hybridized carbons (Fsp3) is 0.125. The predicted octanol–water partition coefficient (Wildman–Crippen LogP) is 1.99. The minimum absolute atomic E-state index is 0.214. The Hall–Kier alpha value is -2.64. The van der Waals surface area contributed by atoms with E-state index in [0.29, 0.717) is 16.8 Å². The first-order valence-electron chi connectivity index (χ1n) is 6.13. The van der Waals surface area contributed by atoms with Crippen LogP contribution in [0.2, 0.25) is 0 Å². The van der Waals surface area contributed by atoms with Gasteiger partial charge in [0.05, 0.1) is 5.69 Å². The number of aliphatic hydroxyl groups excluding tert-OH is 1. The Morgan fingerprint density at radius 1 is 1.35 bits per heavy atom. The predicted molar refractivity (Wildman–Crippen MR) is 77.3 cm³/mol. The van der Waals surface area contributed by atoms with E-state index < -0.39 is 0 Å². The lowest BCUT2D eigenvalue weighted by Crippen LogP contribution is -2.13. The third kappa shape index (κ3) is 3.44. The van der Waals surface area contributed by atoms with Gasteiger partial charge in [0.1, 0.15) is 6.61 Å². The summed E-state index contributed by atoms with van der Waals surface area (Å²) in [7, 11) is 0. The van der Waals surface area contributed by atoms with Crippen molar-refractivity contribution in [3.8, 4) is 11.8 Å². The minimum atomic E-state index is -0.216. The van der Waals surface area contributed by atoms with Crippen molar-refractivity contribution in [2.45, 2.75) is 6.92 Å². The molecule has 0 radical (unpaired) electrons. The first-order valence-corrected chi connectivity index (χ1v) is 6.13. The maximum Gasteiger partial charge on any atom is 0.255 e. The fourth-order valence-electron chi connectivity index (χ4n) is 1.72. The molecule has 2 aromatic rings. The van der Waals surface area contributed by atoms with E-state index in [0.717, 1.165) is 5.69 Å². The van der Waals surface area contributed by atoms with Crippen molar-refractivity contribution in [1.29, 1.82) is 0 Å². The zero-order chi connectivity index (χ0) is 14.4. The van der Waals surface area contributed by atoms with Crippen LogP contribution in [0.5, 0.6) is 0 Å². The van der Waals surface area contributed by atoms with Gasteiger partial charge in [-0.2, -0.15) is 0 Å². The Morgan fingerprint density at radius 2 is 2.15 bits per heavy atom. The van der Waals surface area contributed by atoms with Gasteiger partial charge in [0.2, 0.25) is 0 Å². The maximum atomic E-state index is 12.2. The third-order valence-corrected chi connectivity index (χ3v) is 2.64. The first-order chi connectivity index (χ1) is 9.70. The van der Waals surface area contributed by atoms with Crippen molar-refractivity contribution in [3.05, 3.63) is 59.4 Å². The second kappa shape index (κ2) is 6.50. The number of hydrogen-bond donors (Lipinski definition) is 2. The second-order valence-electron chi connectivity index (χ2n) is 4.15. The van der Waals surface area contributed by atoms with Crippen LogP contribution >= 0.6 is 0 Å². The number of pyridine rings is 1. The molecule has 0 aliphatic heterocycles. The summed E-state index contributed by atoms with van der Waals surface area (Å²) >= 11 is 0. The molecule has 4 heteroatoms. The number of benzene rings is 1. The summed E-state index contributed by atoms with van der Waals surface area (Å²) in [5.41, 5.74) is 2.61. The zero-order valence-corrected chi connectivity index (χ0v) is 11.1. The highest BCUT2D eigenvalue weighted by Gasteiger charge is 2.08. The molecule has 0 atom stereocenters. The van der Waals surface area contributed by atoms with E-state index in [1.807, 2.05) is 19.1 Å². The summed E-state index contributed by atoms with van der Waals surface area (Å²) in [5.74, 6) is 5.16. The van der Waals surface area contributed by atoms with Crippen molar-refractivity contribution in [3.63, 3.8) is 0 Å². The number of anilines is 1. The first kappa shape index (κ1) is 13.8. The highest BCUT2D eigenvalue weighted by Crippen LogP contribution is 2.15. The number of rotatable bonds is 2. The molecule has 0 saturated heterocycles. The SMILES string of the molecule is Cc1cc(C(=O)Nc2ccccc2C#CCO)ccn1. The van der Waals surface area contributed by atoms with Gasteiger partial charge in [-0.25, -0.2) is 0 Å². The van der Waals surface area contributed by atoms with Crippen LogP contribution in [0.25, 0.3) is 0 Å². The van der Waals surface area contributed by atoms with Crippen LogP contribution in [0, 0.1) is 18.8 Å². The zero-order valence-electron chi connectivity index (χ0n) is 11.1. The molecule has 0 bridgehead atoms. The highest BCUT2D eigenvalue weighted by atomic mass is 16.2. The molecule has 100 valence electrons. The number of amides is 1. The van der Waals surface area contributed by atoms with Gasteiger partial charge in [-0.15, -0.1) is 0 Å². The van der Waals surface area contributed by atoms with Crippen molar-refractivity contribution in [2.24, 2.45) is 0 Å². The number of nitrogens with one attached hydrogen (secondary N) is 1. The summed E-state index contributed by atoms with van der Waals surface area (Å²) in [6, 6.07) is 10.6. The monoisotopic (exact) mass is 266 g/mol. The Morgan fingerprint density at radius 3 is 2.90 bits per heavy atom. The van der Waals surface area contributed by atoms with Crippen LogP contribution in [0.1, 0.15) is 21.6 Å². The van der Waals surface area contributed by atoms with Gasteiger partial charge in [0.25, 0.3) is 5.91 Å². The van der Waals surface area contributed by atoms with E-state index in [9.17, 15) is 4.79 Å². The lowest BCUT2D eigenvalue weighted by molar-refractivity contribution is 0.102. The fourth-order valence-corrected chi connectivity index (χ4v) is 1.72. The van der Waals surface area contributed by atoms with Crippen LogP contribution in [-0.4, -0.2) is 22.6 Å². The van der Waals surface area contributed by atoms with Gasteiger partial charge in [0, 0.05) is 23.0 Å². The molecule has 4 nitrogen and oxygen atoms in total. The molecule has 1 aromatic carbocycles. The molecule has 0 spiro atoms. The van der Waals surface area contributed by atoms with Crippen LogP contribution < -0.4 is 5.32 Å². The molecule has 0 saturated carbocycles. The summed E-state index contributed by atoms with van der Waals surface area (Å²) in [4.78, 5) is 16.2. The molecule has 1 aromatic heterocycles. The lowest BCUT2D eigenvalue weighted by atomic mass is 10.1. The van der Waals surface area contributed by atoms with Crippen molar-refractivity contribution in [1.82, 2.24) is 4.98 Å².